The van der Waals surface area contributed by atoms with Crippen LogP contribution in [0, 0.1) is 28.1 Å². The first-order valence-electron chi connectivity index (χ1n) is 14.1. The molecule has 1 atom stereocenters. The van der Waals surface area contributed by atoms with Gasteiger partial charge in [-0.25, -0.2) is 0 Å². The van der Waals surface area contributed by atoms with Crippen LogP contribution in [-0.4, -0.2) is 60.7 Å². The topological polar surface area (TPSA) is 108 Å². The molecule has 1 unspecified atom stereocenters. The van der Waals surface area contributed by atoms with Gasteiger partial charge in [-0.15, -0.1) is 0 Å². The van der Waals surface area contributed by atoms with Gasteiger partial charge in [-0.05, 0) is 67.1 Å². The van der Waals surface area contributed by atoms with Crippen molar-refractivity contribution >= 4 is 23.8 Å². The molecule has 11 heteroatoms. The molecule has 3 aliphatic rings. The third-order valence-corrected chi connectivity index (χ3v) is 8.83. The Labute approximate surface area is 243 Å². The van der Waals surface area contributed by atoms with Crippen molar-refractivity contribution in [2.75, 3.05) is 31.6 Å². The van der Waals surface area contributed by atoms with Crippen LogP contribution in [0.5, 0.6) is 0 Å². The number of nitriles is 1. The number of anilines is 1. The van der Waals surface area contributed by atoms with Gasteiger partial charge in [-0.1, -0.05) is 12.1 Å². The van der Waals surface area contributed by atoms with E-state index in [1.54, 1.807) is 25.2 Å². The van der Waals surface area contributed by atoms with E-state index in [1.807, 2.05) is 19.1 Å². The molecule has 222 valence electrons. The van der Waals surface area contributed by atoms with Gasteiger partial charge in [0.1, 0.15) is 5.84 Å². The first-order valence-corrected chi connectivity index (χ1v) is 14.1. The lowest BCUT2D eigenvalue weighted by Crippen LogP contribution is -2.44. The summed E-state index contributed by atoms with van der Waals surface area (Å²) in [5.74, 6) is -0.420. The predicted molar refractivity (Wildman–Crippen MR) is 153 cm³/mol. The summed E-state index contributed by atoms with van der Waals surface area (Å²) in [7, 11) is 1.62. The van der Waals surface area contributed by atoms with E-state index in [2.05, 4.69) is 11.0 Å². The van der Waals surface area contributed by atoms with Gasteiger partial charge in [0.25, 0.3) is 5.91 Å². The number of halogens is 3. The number of hydrogen-bond acceptors (Lipinski definition) is 6. The average molecular weight is 581 g/mol. The van der Waals surface area contributed by atoms with Crippen LogP contribution in [0.2, 0.25) is 0 Å². The zero-order chi connectivity index (χ0) is 30.2. The first-order chi connectivity index (χ1) is 19.9. The summed E-state index contributed by atoms with van der Waals surface area (Å²) >= 11 is 0. The second kappa shape index (κ2) is 11.5. The van der Waals surface area contributed by atoms with Gasteiger partial charge in [-0.2, -0.15) is 18.4 Å². The molecular formula is C31H35F3N6O2. The number of benzene rings is 2. The van der Waals surface area contributed by atoms with Crippen LogP contribution >= 0.6 is 0 Å². The molecule has 0 bridgehead atoms. The standard InChI is InChI=1S/C31H35F3N6O2/c1-20-6-7-39(8-9-42-20)17-21-10-25-26(27(11-21)31(32,33)34)18-40(29(25)41)24-5-3-4-23(12-24)30(13-22(14-30)16-35)15-28(37)38(2)19-36/h3-5,10-12,19-20,22,36-37H,6-9,13-15,17-18H2,1-2H3/t20?,22-,30-. The minimum atomic E-state index is -4.61. The van der Waals surface area contributed by atoms with Crippen molar-refractivity contribution < 1.29 is 22.7 Å². The number of hydrogen-bond donors (Lipinski definition) is 2. The number of amidine groups is 1. The van der Waals surface area contributed by atoms with Crippen molar-refractivity contribution in [1.29, 1.82) is 16.1 Å². The Balaban J connectivity index is 1.45. The molecule has 8 nitrogen and oxygen atoms in total. The van der Waals surface area contributed by atoms with Crippen molar-refractivity contribution in [3.8, 4) is 6.07 Å². The second-order valence-corrected chi connectivity index (χ2v) is 11.7. The minimum absolute atomic E-state index is 0.0215. The number of amides is 1. The van der Waals surface area contributed by atoms with Gasteiger partial charge in [-0.3, -0.25) is 20.5 Å². The maximum Gasteiger partial charge on any atom is 0.416 e. The van der Waals surface area contributed by atoms with E-state index in [0.717, 1.165) is 18.3 Å². The van der Waals surface area contributed by atoms with Crippen LogP contribution in [0.15, 0.2) is 36.4 Å². The Hall–Kier alpha value is -3.75. The predicted octanol–water partition coefficient (Wildman–Crippen LogP) is 5.55. The zero-order valence-electron chi connectivity index (χ0n) is 23.8. The molecule has 2 fully saturated rings. The van der Waals surface area contributed by atoms with E-state index >= 15 is 0 Å². The van der Waals surface area contributed by atoms with Crippen molar-refractivity contribution in [2.45, 2.75) is 63.4 Å². The van der Waals surface area contributed by atoms with Crippen LogP contribution in [0.1, 0.15) is 65.2 Å². The number of ether oxygens (including phenoxy) is 1. The molecule has 2 aromatic carbocycles. The van der Waals surface area contributed by atoms with Crippen LogP contribution in [0.4, 0.5) is 18.9 Å². The fourth-order valence-electron chi connectivity index (χ4n) is 6.36. The quantitative estimate of drug-likeness (QED) is 0.330. The molecule has 1 saturated heterocycles. The van der Waals surface area contributed by atoms with Crippen LogP contribution in [0.25, 0.3) is 0 Å². The summed E-state index contributed by atoms with van der Waals surface area (Å²) in [6, 6.07) is 12.2. The highest BCUT2D eigenvalue weighted by molar-refractivity contribution is 6.10. The lowest BCUT2D eigenvalue weighted by atomic mass is 9.57. The molecule has 1 amide bonds. The van der Waals surface area contributed by atoms with Gasteiger partial charge in [0.2, 0.25) is 0 Å². The Bertz CT molecular complexity index is 1430. The highest BCUT2D eigenvalue weighted by Gasteiger charge is 2.47. The third-order valence-electron chi connectivity index (χ3n) is 8.83. The molecule has 0 spiro atoms. The van der Waals surface area contributed by atoms with Gasteiger partial charge < -0.3 is 14.5 Å². The van der Waals surface area contributed by atoms with Crippen molar-refractivity contribution in [2.24, 2.45) is 5.92 Å². The van der Waals surface area contributed by atoms with Crippen LogP contribution in [0.3, 0.4) is 0 Å². The van der Waals surface area contributed by atoms with Gasteiger partial charge in [0.05, 0.1) is 37.2 Å². The number of alkyl halides is 3. The molecule has 5 rings (SSSR count). The summed E-state index contributed by atoms with van der Waals surface area (Å²) in [6.45, 7) is 3.91. The SMILES string of the molecule is CC1CCN(Cc2cc3c(c(C(F)(F)F)c2)CN(c2cccc([C@]4(CC(=N)N(C)C=N)C[C@@H](C#N)C4)c2)C3=O)CCO1. The molecule has 1 saturated carbocycles. The van der Waals surface area contributed by atoms with E-state index in [-0.39, 0.29) is 35.5 Å². The number of nitrogens with zero attached hydrogens (tertiary/aromatic N) is 4. The smallest absolute Gasteiger partial charge is 0.377 e. The number of fused-ring (bicyclic) bond motifs is 1. The van der Waals surface area contributed by atoms with Gasteiger partial charge >= 0.3 is 6.18 Å². The van der Waals surface area contributed by atoms with Gasteiger partial charge in [0.15, 0.2) is 0 Å². The lowest BCUT2D eigenvalue weighted by Gasteiger charge is -2.46. The maximum absolute atomic E-state index is 14.3. The fraction of sp³-hybridized carbons (Fsp3) is 0.484. The first kappa shape index (κ1) is 29.7. The van der Waals surface area contributed by atoms with Crippen molar-refractivity contribution in [1.82, 2.24) is 9.80 Å². The second-order valence-electron chi connectivity index (χ2n) is 11.7. The normalized spacial score (nSPS) is 24.4. The molecule has 1 aliphatic carbocycles. The molecule has 0 aromatic heterocycles. The maximum atomic E-state index is 14.3. The molecule has 0 radical (unpaired) electrons. The monoisotopic (exact) mass is 580 g/mol. The number of rotatable bonds is 7. The highest BCUT2D eigenvalue weighted by atomic mass is 19.4. The van der Waals surface area contributed by atoms with E-state index in [0.29, 0.717) is 56.8 Å². The Morgan fingerprint density at radius 1 is 1.26 bits per heavy atom. The third kappa shape index (κ3) is 5.78. The summed E-state index contributed by atoms with van der Waals surface area (Å²) in [5, 5.41) is 25.4. The summed E-state index contributed by atoms with van der Waals surface area (Å²) in [4.78, 5) is 18.5. The van der Waals surface area contributed by atoms with Crippen LogP contribution in [-0.2, 0) is 29.4 Å². The Kier molecular flexibility index (Phi) is 8.14. The van der Waals surface area contributed by atoms with Crippen molar-refractivity contribution in [3.05, 3.63) is 64.2 Å². The highest BCUT2D eigenvalue weighted by Crippen LogP contribution is 2.51. The molecule has 42 heavy (non-hydrogen) atoms. The molecule has 2 heterocycles. The van der Waals surface area contributed by atoms with E-state index < -0.39 is 23.1 Å². The fourth-order valence-corrected chi connectivity index (χ4v) is 6.36. The lowest BCUT2D eigenvalue weighted by molar-refractivity contribution is -0.138. The molecule has 2 N–H and O–H groups in total. The summed E-state index contributed by atoms with van der Waals surface area (Å²) in [5.41, 5.74) is 0.496. The Morgan fingerprint density at radius 2 is 2.02 bits per heavy atom. The van der Waals surface area contributed by atoms with E-state index in [1.165, 1.54) is 15.9 Å². The molecule has 2 aliphatic heterocycles. The largest absolute Gasteiger partial charge is 0.416 e. The van der Waals surface area contributed by atoms with Crippen molar-refractivity contribution in [3.63, 3.8) is 0 Å². The average Bonchev–Trinajstić information content (AvgIpc) is 3.13. The van der Waals surface area contributed by atoms with Crippen LogP contribution < -0.4 is 4.90 Å². The van der Waals surface area contributed by atoms with E-state index in [9.17, 15) is 23.2 Å². The summed E-state index contributed by atoms with van der Waals surface area (Å²) in [6.07, 6.45) is -1.32. The minimum Gasteiger partial charge on any atom is -0.377 e. The Morgan fingerprint density at radius 3 is 2.71 bits per heavy atom. The number of carbonyl (C=O) groups is 1. The van der Waals surface area contributed by atoms with Gasteiger partial charge in [0, 0.05) is 55.7 Å². The van der Waals surface area contributed by atoms with E-state index in [4.69, 9.17) is 15.6 Å². The number of carbonyl (C=O) groups excluding carboxylic acids is 1. The molecular weight excluding hydrogens is 545 g/mol. The molecule has 2 aromatic rings. The number of nitrogens with one attached hydrogen (secondary N) is 2. The summed E-state index contributed by atoms with van der Waals surface area (Å²) < 4.78 is 48.6. The zero-order valence-corrected chi connectivity index (χ0v) is 23.8.